The van der Waals surface area contributed by atoms with Crippen LogP contribution in [0.15, 0.2) is 27.5 Å². The number of halogens is 1. The Hall–Kier alpha value is -1.56. The van der Waals surface area contributed by atoms with E-state index in [9.17, 15) is 9.59 Å². The lowest BCUT2D eigenvalue weighted by atomic mass is 10.1. The van der Waals surface area contributed by atoms with Crippen LogP contribution in [0.2, 0.25) is 0 Å². The summed E-state index contributed by atoms with van der Waals surface area (Å²) >= 11 is 3.35. The average Bonchev–Trinajstić information content (AvgIpc) is 2.66. The van der Waals surface area contributed by atoms with Crippen molar-refractivity contribution >= 4 is 32.8 Å². The van der Waals surface area contributed by atoms with Crippen LogP contribution in [0, 0.1) is 5.92 Å². The molecule has 1 aromatic heterocycles. The van der Waals surface area contributed by atoms with Crippen LogP contribution < -0.4 is 5.56 Å². The van der Waals surface area contributed by atoms with Crippen LogP contribution in [-0.4, -0.2) is 22.9 Å². The SMILES string of the molecule is COC(=O)C(C(C)C)n1[nH]c2cc(Br)ccc2c1=O. The molecule has 0 saturated carbocycles. The van der Waals surface area contributed by atoms with E-state index in [1.54, 1.807) is 12.1 Å². The second-order valence-corrected chi connectivity index (χ2v) is 5.60. The zero-order valence-corrected chi connectivity index (χ0v) is 12.5. The minimum Gasteiger partial charge on any atom is -0.467 e. The standard InChI is InChI=1S/C13H15BrN2O3/c1-7(2)11(13(18)19-3)16-12(17)9-5-4-8(14)6-10(9)15-16/h4-7,11,15H,1-3H3. The topological polar surface area (TPSA) is 64.1 Å². The third-order valence-corrected chi connectivity index (χ3v) is 3.52. The molecule has 0 spiro atoms. The van der Waals surface area contributed by atoms with Gasteiger partial charge in [-0.15, -0.1) is 0 Å². The van der Waals surface area contributed by atoms with Gasteiger partial charge in [-0.1, -0.05) is 29.8 Å². The lowest BCUT2D eigenvalue weighted by molar-refractivity contribution is -0.146. The lowest BCUT2D eigenvalue weighted by Crippen LogP contribution is -2.32. The Morgan fingerprint density at radius 2 is 2.11 bits per heavy atom. The van der Waals surface area contributed by atoms with E-state index in [-0.39, 0.29) is 11.5 Å². The number of methoxy groups -OCH3 is 1. The molecule has 6 heteroatoms. The number of aromatic amines is 1. The zero-order valence-electron chi connectivity index (χ0n) is 10.9. The van der Waals surface area contributed by atoms with Crippen LogP contribution >= 0.6 is 15.9 Å². The van der Waals surface area contributed by atoms with Crippen molar-refractivity contribution in [1.29, 1.82) is 0 Å². The Morgan fingerprint density at radius 3 is 2.68 bits per heavy atom. The third kappa shape index (κ3) is 2.45. The molecule has 0 aliphatic rings. The maximum Gasteiger partial charge on any atom is 0.330 e. The van der Waals surface area contributed by atoms with Crippen LogP contribution in [0.1, 0.15) is 19.9 Å². The van der Waals surface area contributed by atoms with Crippen molar-refractivity contribution in [2.75, 3.05) is 7.11 Å². The van der Waals surface area contributed by atoms with Crippen LogP contribution in [0.25, 0.3) is 10.9 Å². The average molecular weight is 327 g/mol. The number of nitrogens with zero attached hydrogens (tertiary/aromatic N) is 1. The van der Waals surface area contributed by atoms with Gasteiger partial charge in [0.1, 0.15) is 0 Å². The molecule has 0 aliphatic carbocycles. The summed E-state index contributed by atoms with van der Waals surface area (Å²) in [5.74, 6) is -0.482. The van der Waals surface area contributed by atoms with Gasteiger partial charge in [0.25, 0.3) is 5.56 Å². The molecule has 0 fully saturated rings. The Morgan fingerprint density at radius 1 is 1.42 bits per heavy atom. The number of fused-ring (bicyclic) bond motifs is 1. The predicted molar refractivity (Wildman–Crippen MR) is 76.1 cm³/mol. The number of hydrogen-bond acceptors (Lipinski definition) is 3. The number of benzene rings is 1. The molecule has 1 aromatic carbocycles. The van der Waals surface area contributed by atoms with Gasteiger partial charge < -0.3 is 4.74 Å². The molecule has 0 bridgehead atoms. The molecule has 1 heterocycles. The molecule has 1 N–H and O–H groups in total. The summed E-state index contributed by atoms with van der Waals surface area (Å²) in [4.78, 5) is 24.2. The smallest absolute Gasteiger partial charge is 0.330 e. The molecule has 2 rings (SSSR count). The highest BCUT2D eigenvalue weighted by atomic mass is 79.9. The van der Waals surface area contributed by atoms with Crippen LogP contribution in [0.3, 0.4) is 0 Å². The van der Waals surface area contributed by atoms with E-state index in [0.29, 0.717) is 10.9 Å². The molecule has 5 nitrogen and oxygen atoms in total. The fraction of sp³-hybridized carbons (Fsp3) is 0.385. The molecular formula is C13H15BrN2O3. The van der Waals surface area contributed by atoms with Gasteiger partial charge in [-0.05, 0) is 24.1 Å². The van der Waals surface area contributed by atoms with E-state index in [4.69, 9.17) is 4.74 Å². The summed E-state index contributed by atoms with van der Waals surface area (Å²) in [6, 6.07) is 4.68. The number of hydrogen-bond donors (Lipinski definition) is 1. The van der Waals surface area contributed by atoms with Crippen LogP contribution in [0.5, 0.6) is 0 Å². The first-order valence-corrected chi connectivity index (χ1v) is 6.72. The predicted octanol–water partition coefficient (Wildman–Crippen LogP) is 2.46. The van der Waals surface area contributed by atoms with E-state index in [0.717, 1.165) is 4.47 Å². The second-order valence-electron chi connectivity index (χ2n) is 4.69. The van der Waals surface area contributed by atoms with E-state index in [2.05, 4.69) is 21.0 Å². The third-order valence-electron chi connectivity index (χ3n) is 3.02. The number of esters is 1. The first kappa shape index (κ1) is 13.9. The summed E-state index contributed by atoms with van der Waals surface area (Å²) < 4.78 is 6.98. The van der Waals surface area contributed by atoms with E-state index < -0.39 is 12.0 Å². The number of carbonyl (C=O) groups is 1. The van der Waals surface area contributed by atoms with Gasteiger partial charge in [-0.3, -0.25) is 9.89 Å². The van der Waals surface area contributed by atoms with Gasteiger partial charge in [-0.25, -0.2) is 9.48 Å². The Balaban J connectivity index is 2.64. The molecule has 19 heavy (non-hydrogen) atoms. The number of ether oxygens (including phenoxy) is 1. The van der Waals surface area contributed by atoms with E-state index >= 15 is 0 Å². The van der Waals surface area contributed by atoms with Crippen molar-refractivity contribution in [2.24, 2.45) is 5.92 Å². The largest absolute Gasteiger partial charge is 0.467 e. The van der Waals surface area contributed by atoms with Gasteiger partial charge in [-0.2, -0.15) is 0 Å². The van der Waals surface area contributed by atoms with Gasteiger partial charge >= 0.3 is 5.97 Å². The minimum absolute atomic E-state index is 0.0540. The van der Waals surface area contributed by atoms with Crippen molar-refractivity contribution in [1.82, 2.24) is 9.78 Å². The first-order valence-electron chi connectivity index (χ1n) is 5.93. The molecule has 0 amide bonds. The van der Waals surface area contributed by atoms with Gasteiger partial charge in [0, 0.05) is 4.47 Å². The molecule has 102 valence electrons. The summed E-state index contributed by atoms with van der Waals surface area (Å²) in [6.45, 7) is 3.74. The first-order chi connectivity index (χ1) is 8.95. The number of rotatable bonds is 3. The van der Waals surface area contributed by atoms with Crippen molar-refractivity contribution in [3.05, 3.63) is 33.0 Å². The highest BCUT2D eigenvalue weighted by molar-refractivity contribution is 9.10. The number of H-pyrrole nitrogens is 1. The normalized spacial score (nSPS) is 12.9. The number of nitrogens with one attached hydrogen (secondary N) is 1. The molecule has 0 aliphatic heterocycles. The Bertz CT molecular complexity index is 672. The fourth-order valence-corrected chi connectivity index (χ4v) is 2.46. The fourth-order valence-electron chi connectivity index (χ4n) is 2.10. The van der Waals surface area contributed by atoms with Crippen LogP contribution in [-0.2, 0) is 9.53 Å². The second kappa shape index (κ2) is 5.21. The maximum absolute atomic E-state index is 12.3. The molecule has 1 unspecified atom stereocenters. The Kier molecular flexibility index (Phi) is 3.80. The summed E-state index contributed by atoms with van der Waals surface area (Å²) in [7, 11) is 1.32. The molecule has 0 radical (unpaired) electrons. The number of carbonyl (C=O) groups excluding carboxylic acids is 1. The van der Waals surface area contributed by atoms with Crippen molar-refractivity contribution < 1.29 is 9.53 Å². The molecule has 1 atom stereocenters. The van der Waals surface area contributed by atoms with Gasteiger partial charge in [0.2, 0.25) is 0 Å². The van der Waals surface area contributed by atoms with E-state index in [1.807, 2.05) is 19.9 Å². The molecule has 0 saturated heterocycles. The minimum atomic E-state index is -0.649. The van der Waals surface area contributed by atoms with Crippen molar-refractivity contribution in [2.45, 2.75) is 19.9 Å². The highest BCUT2D eigenvalue weighted by Crippen LogP contribution is 2.21. The zero-order chi connectivity index (χ0) is 14.2. The van der Waals surface area contributed by atoms with Crippen molar-refractivity contribution in [3.63, 3.8) is 0 Å². The van der Waals surface area contributed by atoms with Crippen molar-refractivity contribution in [3.8, 4) is 0 Å². The van der Waals surface area contributed by atoms with Gasteiger partial charge in [0.05, 0.1) is 18.0 Å². The highest BCUT2D eigenvalue weighted by Gasteiger charge is 2.27. The number of aromatic nitrogens is 2. The summed E-state index contributed by atoms with van der Waals surface area (Å²) in [5.41, 5.74) is 0.473. The quantitative estimate of drug-likeness (QED) is 0.881. The maximum atomic E-state index is 12.3. The van der Waals surface area contributed by atoms with Gasteiger partial charge in [0.15, 0.2) is 6.04 Å². The monoisotopic (exact) mass is 326 g/mol. The molecular weight excluding hydrogens is 312 g/mol. The lowest BCUT2D eigenvalue weighted by Gasteiger charge is -2.18. The Labute approximate surface area is 118 Å². The van der Waals surface area contributed by atoms with E-state index in [1.165, 1.54) is 11.8 Å². The summed E-state index contributed by atoms with van der Waals surface area (Å²) in [6.07, 6.45) is 0. The summed E-state index contributed by atoms with van der Waals surface area (Å²) in [5, 5.41) is 3.53. The molecule has 2 aromatic rings. The van der Waals surface area contributed by atoms with Crippen LogP contribution in [0.4, 0.5) is 0 Å².